The van der Waals surface area contributed by atoms with Crippen molar-refractivity contribution in [3.05, 3.63) is 90.6 Å². The molecule has 0 bridgehead atoms. The second kappa shape index (κ2) is 6.99. The van der Waals surface area contributed by atoms with E-state index in [0.29, 0.717) is 6.04 Å². The van der Waals surface area contributed by atoms with Gasteiger partial charge in [-0.05, 0) is 0 Å². The van der Waals surface area contributed by atoms with E-state index in [0.717, 1.165) is 26.6 Å². The summed E-state index contributed by atoms with van der Waals surface area (Å²) in [6.07, 6.45) is 1.88. The van der Waals surface area contributed by atoms with Gasteiger partial charge in [-0.3, -0.25) is 0 Å². The van der Waals surface area contributed by atoms with E-state index >= 15 is 0 Å². The number of fused-ring (bicyclic) bond motifs is 2. The number of pyridine rings is 1. The molecule has 2 aromatic heterocycles. The van der Waals surface area contributed by atoms with Gasteiger partial charge in [0.2, 0.25) is 0 Å². The number of rotatable bonds is 2. The Morgan fingerprint density at radius 1 is 0.828 bits per heavy atom. The molecule has 29 heavy (non-hydrogen) atoms. The summed E-state index contributed by atoms with van der Waals surface area (Å²) < 4.78 is 11.1. The summed E-state index contributed by atoms with van der Waals surface area (Å²) >= 11 is 0.159. The first-order chi connectivity index (χ1) is 14.4. The molecule has 0 amide bonds. The normalized spacial score (nSPS) is 12.4. The molecule has 5 aromatic rings. The topological polar surface area (TPSA) is 12.9 Å². The fraction of sp³-hybridized carbons (Fsp3) is 0.148. The molecule has 0 spiro atoms. The van der Waals surface area contributed by atoms with Crippen molar-refractivity contribution < 1.29 is 1.37 Å². The van der Waals surface area contributed by atoms with Crippen LogP contribution < -0.4 is 0 Å². The molecular formula is C27H23NSe. The first-order valence-electron chi connectivity index (χ1n) is 10.4. The van der Waals surface area contributed by atoms with Crippen molar-refractivity contribution >= 4 is 34.9 Å². The van der Waals surface area contributed by atoms with Crippen LogP contribution in [0.25, 0.3) is 41.7 Å². The van der Waals surface area contributed by atoms with Crippen LogP contribution in [0.15, 0.2) is 85.0 Å². The molecule has 0 unspecified atom stereocenters. The number of benzene rings is 3. The van der Waals surface area contributed by atoms with Gasteiger partial charge < -0.3 is 0 Å². The second-order valence-electron chi connectivity index (χ2n) is 8.48. The van der Waals surface area contributed by atoms with Crippen molar-refractivity contribution in [2.75, 3.05) is 0 Å². The molecule has 0 N–H and O–H groups in total. The van der Waals surface area contributed by atoms with Crippen LogP contribution in [0.4, 0.5) is 0 Å². The number of nitrogens with zero attached hydrogens (tertiary/aromatic N) is 1. The minimum absolute atomic E-state index is 0.0420. The van der Waals surface area contributed by atoms with Crippen molar-refractivity contribution in [2.24, 2.45) is 0 Å². The third-order valence-electron chi connectivity index (χ3n) is 5.33. The van der Waals surface area contributed by atoms with Gasteiger partial charge in [0.15, 0.2) is 0 Å². The van der Waals surface area contributed by atoms with E-state index in [1.807, 2.05) is 18.3 Å². The van der Waals surface area contributed by atoms with Crippen LogP contribution in [-0.2, 0) is 5.41 Å². The SMILES string of the molecule is [2H]c1c(-c2ccnc(-c3cc(C(C)(C)C)c4ccccc4c3)c2)[se]c2ccccc12. The third kappa shape index (κ3) is 3.44. The first-order valence-corrected chi connectivity index (χ1v) is 11.6. The minimum atomic E-state index is 0.0420. The number of aromatic nitrogens is 1. The van der Waals surface area contributed by atoms with Gasteiger partial charge in [0.1, 0.15) is 0 Å². The standard InChI is InChI=1S/C27H23NSe/c1-27(2,3)23-15-21(14-18-8-4-6-10-22(18)23)24-16-20(12-13-28-24)26-17-19-9-5-7-11-25(19)29-26/h4-17H,1-3H3/i17D. The Labute approximate surface area is 179 Å². The summed E-state index contributed by atoms with van der Waals surface area (Å²) in [6, 6.07) is 26.3. The Kier molecular flexibility index (Phi) is 4.15. The van der Waals surface area contributed by atoms with Crippen LogP contribution in [0.3, 0.4) is 0 Å². The van der Waals surface area contributed by atoms with Gasteiger partial charge in [-0.15, -0.1) is 0 Å². The summed E-state index contributed by atoms with van der Waals surface area (Å²) in [5.74, 6) is 0. The van der Waals surface area contributed by atoms with Gasteiger partial charge in [0.25, 0.3) is 0 Å². The molecule has 0 fully saturated rings. The predicted molar refractivity (Wildman–Crippen MR) is 126 cm³/mol. The van der Waals surface area contributed by atoms with Crippen LogP contribution in [0.1, 0.15) is 27.7 Å². The van der Waals surface area contributed by atoms with Crippen LogP contribution >= 0.6 is 0 Å². The van der Waals surface area contributed by atoms with E-state index in [2.05, 4.69) is 81.4 Å². The Morgan fingerprint density at radius 2 is 1.59 bits per heavy atom. The Balaban J connectivity index is 1.69. The van der Waals surface area contributed by atoms with E-state index in [-0.39, 0.29) is 19.9 Å². The van der Waals surface area contributed by atoms with E-state index < -0.39 is 0 Å². The van der Waals surface area contributed by atoms with Gasteiger partial charge in [-0.2, -0.15) is 0 Å². The summed E-state index contributed by atoms with van der Waals surface area (Å²) in [5, 5.41) is 3.62. The predicted octanol–water partition coefficient (Wildman–Crippen LogP) is 7.08. The molecular weight excluding hydrogens is 417 g/mol. The van der Waals surface area contributed by atoms with Crippen LogP contribution in [0, 0.1) is 0 Å². The quantitative estimate of drug-likeness (QED) is 0.267. The summed E-state index contributed by atoms with van der Waals surface area (Å²) in [7, 11) is 0. The maximum atomic E-state index is 8.68. The second-order valence-corrected chi connectivity index (χ2v) is 10.7. The van der Waals surface area contributed by atoms with Crippen molar-refractivity contribution in [3.8, 4) is 21.3 Å². The van der Waals surface area contributed by atoms with E-state index in [1.54, 1.807) is 0 Å². The summed E-state index contributed by atoms with van der Waals surface area (Å²) in [4.78, 5) is 4.71. The monoisotopic (exact) mass is 442 g/mol. The fourth-order valence-electron chi connectivity index (χ4n) is 3.86. The molecule has 0 aliphatic carbocycles. The van der Waals surface area contributed by atoms with Crippen LogP contribution in [0.5, 0.6) is 0 Å². The molecule has 0 aliphatic rings. The number of hydrogen-bond acceptors (Lipinski definition) is 1. The number of hydrogen-bond donors (Lipinski definition) is 0. The van der Waals surface area contributed by atoms with E-state index in [1.165, 1.54) is 20.6 Å². The molecule has 2 heteroatoms. The van der Waals surface area contributed by atoms with Gasteiger partial charge >= 0.3 is 179 Å². The molecule has 0 saturated carbocycles. The Morgan fingerprint density at radius 3 is 2.38 bits per heavy atom. The van der Waals surface area contributed by atoms with Crippen molar-refractivity contribution in [1.82, 2.24) is 4.98 Å². The molecule has 0 aliphatic heterocycles. The third-order valence-corrected chi connectivity index (χ3v) is 7.68. The average Bonchev–Trinajstić information content (AvgIpc) is 3.09. The molecule has 0 radical (unpaired) electrons. The zero-order valence-electron chi connectivity index (χ0n) is 17.9. The molecule has 5 rings (SSSR count). The zero-order chi connectivity index (χ0) is 20.9. The molecule has 2 heterocycles. The first kappa shape index (κ1) is 17.2. The summed E-state index contributed by atoms with van der Waals surface area (Å²) in [5.41, 5.74) is 4.60. The van der Waals surface area contributed by atoms with Gasteiger partial charge in [-0.25, -0.2) is 0 Å². The fourth-order valence-corrected chi connectivity index (χ4v) is 5.96. The summed E-state index contributed by atoms with van der Waals surface area (Å²) in [6.45, 7) is 6.79. The van der Waals surface area contributed by atoms with E-state index in [4.69, 9.17) is 6.35 Å². The molecule has 142 valence electrons. The van der Waals surface area contributed by atoms with Crippen LogP contribution in [-0.4, -0.2) is 19.5 Å². The zero-order valence-corrected chi connectivity index (χ0v) is 18.6. The van der Waals surface area contributed by atoms with Gasteiger partial charge in [0, 0.05) is 0 Å². The van der Waals surface area contributed by atoms with Crippen molar-refractivity contribution in [1.29, 1.82) is 0 Å². The Bertz CT molecular complexity index is 1390. The van der Waals surface area contributed by atoms with Crippen molar-refractivity contribution in [3.63, 3.8) is 0 Å². The molecule has 0 saturated heterocycles. The Hall–Kier alpha value is -2.67. The van der Waals surface area contributed by atoms with Crippen molar-refractivity contribution in [2.45, 2.75) is 26.2 Å². The van der Waals surface area contributed by atoms with Crippen LogP contribution in [0.2, 0.25) is 0 Å². The maximum absolute atomic E-state index is 8.68. The molecule has 1 nitrogen and oxygen atoms in total. The van der Waals surface area contributed by atoms with E-state index in [9.17, 15) is 0 Å². The van der Waals surface area contributed by atoms with Gasteiger partial charge in [0.05, 0.1) is 0 Å². The van der Waals surface area contributed by atoms with Gasteiger partial charge in [-0.1, -0.05) is 0 Å². The molecule has 3 aromatic carbocycles. The average molecular weight is 441 g/mol. The molecule has 0 atom stereocenters.